The van der Waals surface area contributed by atoms with Gasteiger partial charge in [-0.15, -0.1) is 0 Å². The maximum atomic E-state index is 6.05. The van der Waals surface area contributed by atoms with Crippen LogP contribution < -0.4 is 5.73 Å². The van der Waals surface area contributed by atoms with Crippen molar-refractivity contribution in [1.29, 1.82) is 0 Å². The molecule has 0 radical (unpaired) electrons. The van der Waals surface area contributed by atoms with Crippen molar-refractivity contribution in [2.24, 2.45) is 5.73 Å². The first kappa shape index (κ1) is 11.8. The molecule has 6 heteroatoms. The van der Waals surface area contributed by atoms with Gasteiger partial charge in [0.05, 0.1) is 12.9 Å². The molecule has 0 aromatic carbocycles. The maximum Gasteiger partial charge on any atom is 0.293 e. The molecule has 0 aliphatic rings. The van der Waals surface area contributed by atoms with Crippen LogP contribution in [-0.2, 0) is 10.3 Å². The van der Waals surface area contributed by atoms with E-state index >= 15 is 0 Å². The zero-order valence-corrected chi connectivity index (χ0v) is 9.84. The van der Waals surface area contributed by atoms with Gasteiger partial charge in [0, 0.05) is 6.61 Å². The third-order valence-electron chi connectivity index (χ3n) is 2.27. The minimum Gasteiger partial charge on any atom is -0.459 e. The molecule has 0 aliphatic heterocycles. The molecule has 17 heavy (non-hydrogen) atoms. The van der Waals surface area contributed by atoms with Gasteiger partial charge in [0.2, 0.25) is 0 Å². The number of ether oxygens (including phenoxy) is 1. The van der Waals surface area contributed by atoms with Crippen LogP contribution in [0.3, 0.4) is 0 Å². The van der Waals surface area contributed by atoms with Crippen molar-refractivity contribution in [2.75, 3.05) is 13.2 Å². The standard InChI is InChI=1S/C11H15N3O3/c1-3-15-7-11(2,12)10-13-9(17-14-10)8-5-4-6-16-8/h4-6H,3,7,12H2,1-2H3. The van der Waals surface area contributed by atoms with E-state index in [0.29, 0.717) is 30.7 Å². The smallest absolute Gasteiger partial charge is 0.293 e. The molecule has 0 spiro atoms. The highest BCUT2D eigenvalue weighted by molar-refractivity contribution is 5.43. The molecule has 2 aromatic rings. The average molecular weight is 237 g/mol. The van der Waals surface area contributed by atoms with E-state index in [4.69, 9.17) is 19.4 Å². The molecule has 2 aromatic heterocycles. The topological polar surface area (TPSA) is 87.3 Å². The Bertz CT molecular complexity index is 462. The number of hydrogen-bond donors (Lipinski definition) is 1. The molecule has 92 valence electrons. The number of nitrogens with zero attached hydrogens (tertiary/aromatic N) is 2. The second-order valence-corrected chi connectivity index (χ2v) is 3.96. The first-order chi connectivity index (χ1) is 8.13. The van der Waals surface area contributed by atoms with Gasteiger partial charge in [-0.1, -0.05) is 5.16 Å². The van der Waals surface area contributed by atoms with E-state index in [2.05, 4.69) is 10.1 Å². The van der Waals surface area contributed by atoms with Gasteiger partial charge in [0.1, 0.15) is 5.54 Å². The summed E-state index contributed by atoms with van der Waals surface area (Å²) in [6.07, 6.45) is 1.54. The fraction of sp³-hybridized carbons (Fsp3) is 0.455. The Kier molecular flexibility index (Phi) is 3.26. The molecule has 6 nitrogen and oxygen atoms in total. The predicted molar refractivity (Wildman–Crippen MR) is 60.0 cm³/mol. The highest BCUT2D eigenvalue weighted by Gasteiger charge is 2.28. The van der Waals surface area contributed by atoms with E-state index in [0.717, 1.165) is 0 Å². The number of aromatic nitrogens is 2. The lowest BCUT2D eigenvalue weighted by atomic mass is 10.1. The van der Waals surface area contributed by atoms with Crippen LogP contribution in [0.4, 0.5) is 0 Å². The van der Waals surface area contributed by atoms with Gasteiger partial charge in [0.25, 0.3) is 5.89 Å². The van der Waals surface area contributed by atoms with Crippen molar-refractivity contribution in [3.8, 4) is 11.7 Å². The molecule has 0 fully saturated rings. The van der Waals surface area contributed by atoms with Gasteiger partial charge >= 0.3 is 0 Å². The van der Waals surface area contributed by atoms with Crippen LogP contribution in [0.5, 0.6) is 0 Å². The van der Waals surface area contributed by atoms with Crippen molar-refractivity contribution < 1.29 is 13.7 Å². The lowest BCUT2D eigenvalue weighted by Gasteiger charge is -2.19. The van der Waals surface area contributed by atoms with E-state index in [1.807, 2.05) is 6.92 Å². The highest BCUT2D eigenvalue weighted by atomic mass is 16.5. The Labute approximate surface area is 98.7 Å². The largest absolute Gasteiger partial charge is 0.459 e. The first-order valence-corrected chi connectivity index (χ1v) is 5.38. The molecule has 0 bridgehead atoms. The van der Waals surface area contributed by atoms with Gasteiger partial charge in [-0.2, -0.15) is 4.98 Å². The normalized spacial score (nSPS) is 14.8. The predicted octanol–water partition coefficient (Wildman–Crippen LogP) is 1.54. The fourth-order valence-electron chi connectivity index (χ4n) is 1.33. The number of furan rings is 1. The molecule has 2 rings (SSSR count). The molecule has 0 amide bonds. The number of hydrogen-bond acceptors (Lipinski definition) is 6. The number of rotatable bonds is 5. The summed E-state index contributed by atoms with van der Waals surface area (Å²) in [5, 5.41) is 3.85. The molecular formula is C11H15N3O3. The third-order valence-corrected chi connectivity index (χ3v) is 2.27. The van der Waals surface area contributed by atoms with E-state index in [9.17, 15) is 0 Å². The summed E-state index contributed by atoms with van der Waals surface area (Å²) in [6.45, 7) is 4.62. The summed E-state index contributed by atoms with van der Waals surface area (Å²) in [5.41, 5.74) is 5.28. The second-order valence-electron chi connectivity index (χ2n) is 3.96. The van der Waals surface area contributed by atoms with Crippen LogP contribution in [0.1, 0.15) is 19.7 Å². The van der Waals surface area contributed by atoms with Crippen LogP contribution in [-0.4, -0.2) is 23.4 Å². The summed E-state index contributed by atoms with van der Waals surface area (Å²) >= 11 is 0. The summed E-state index contributed by atoms with van der Waals surface area (Å²) < 4.78 is 15.5. The minimum absolute atomic E-state index is 0.318. The Morgan fingerprint density at radius 2 is 2.35 bits per heavy atom. The van der Waals surface area contributed by atoms with E-state index in [1.54, 1.807) is 25.3 Å². The van der Waals surface area contributed by atoms with Crippen LogP contribution >= 0.6 is 0 Å². The van der Waals surface area contributed by atoms with Gasteiger partial charge in [-0.3, -0.25) is 0 Å². The van der Waals surface area contributed by atoms with Crippen molar-refractivity contribution in [3.05, 3.63) is 24.2 Å². The van der Waals surface area contributed by atoms with Crippen LogP contribution in [0.2, 0.25) is 0 Å². The Balaban J connectivity index is 2.18. The fourth-order valence-corrected chi connectivity index (χ4v) is 1.33. The lowest BCUT2D eigenvalue weighted by molar-refractivity contribution is 0.0962. The molecule has 0 aliphatic carbocycles. The Morgan fingerprint density at radius 1 is 1.53 bits per heavy atom. The van der Waals surface area contributed by atoms with Gasteiger partial charge in [-0.25, -0.2) is 0 Å². The second kappa shape index (κ2) is 4.68. The maximum absolute atomic E-state index is 6.05. The van der Waals surface area contributed by atoms with Crippen molar-refractivity contribution in [3.63, 3.8) is 0 Å². The lowest BCUT2D eigenvalue weighted by Crippen LogP contribution is -2.39. The number of nitrogens with two attached hydrogens (primary N) is 1. The zero-order chi connectivity index (χ0) is 12.3. The van der Waals surface area contributed by atoms with Gasteiger partial charge in [0.15, 0.2) is 11.6 Å². The molecule has 2 heterocycles. The molecule has 0 saturated carbocycles. The van der Waals surface area contributed by atoms with Crippen LogP contribution in [0.25, 0.3) is 11.7 Å². The Morgan fingerprint density at radius 3 is 3.00 bits per heavy atom. The summed E-state index contributed by atoms with van der Waals surface area (Å²) in [4.78, 5) is 4.20. The van der Waals surface area contributed by atoms with Crippen molar-refractivity contribution in [1.82, 2.24) is 10.1 Å². The minimum atomic E-state index is -0.773. The summed E-state index contributed by atoms with van der Waals surface area (Å²) in [7, 11) is 0. The van der Waals surface area contributed by atoms with Crippen molar-refractivity contribution >= 4 is 0 Å². The molecule has 2 N–H and O–H groups in total. The highest BCUT2D eigenvalue weighted by Crippen LogP contribution is 2.21. The molecule has 1 unspecified atom stereocenters. The van der Waals surface area contributed by atoms with Gasteiger partial charge < -0.3 is 19.4 Å². The zero-order valence-electron chi connectivity index (χ0n) is 9.84. The average Bonchev–Trinajstić information content (AvgIpc) is 2.95. The SMILES string of the molecule is CCOCC(C)(N)c1noc(-c2ccco2)n1. The quantitative estimate of drug-likeness (QED) is 0.848. The molecule has 1 atom stereocenters. The van der Waals surface area contributed by atoms with Crippen LogP contribution in [0, 0.1) is 0 Å². The third kappa shape index (κ3) is 2.54. The molecule has 0 saturated heterocycles. The van der Waals surface area contributed by atoms with E-state index < -0.39 is 5.54 Å². The van der Waals surface area contributed by atoms with E-state index in [-0.39, 0.29) is 0 Å². The molecular weight excluding hydrogens is 222 g/mol. The van der Waals surface area contributed by atoms with E-state index in [1.165, 1.54) is 0 Å². The first-order valence-electron chi connectivity index (χ1n) is 5.38. The van der Waals surface area contributed by atoms with Gasteiger partial charge in [-0.05, 0) is 26.0 Å². The van der Waals surface area contributed by atoms with Crippen LogP contribution in [0.15, 0.2) is 27.3 Å². The monoisotopic (exact) mass is 237 g/mol. The Hall–Kier alpha value is -1.66. The van der Waals surface area contributed by atoms with Crippen molar-refractivity contribution in [2.45, 2.75) is 19.4 Å². The summed E-state index contributed by atoms with van der Waals surface area (Å²) in [6, 6.07) is 3.49. The summed E-state index contributed by atoms with van der Waals surface area (Å²) in [5.74, 6) is 1.24.